The molecule has 1 aliphatic rings. The first-order valence-electron chi connectivity index (χ1n) is 16.0. The number of esters is 1. The van der Waals surface area contributed by atoms with E-state index in [1.807, 2.05) is 0 Å². The predicted octanol–water partition coefficient (Wildman–Crippen LogP) is 7.52. The van der Waals surface area contributed by atoms with Gasteiger partial charge in [-0.1, -0.05) is 132 Å². The second-order valence-electron chi connectivity index (χ2n) is 11.6. The number of hydrogen-bond donors (Lipinski definition) is 2. The van der Waals surface area contributed by atoms with E-state index < -0.39 is 28.1 Å². The molecule has 236 valence electrons. The van der Waals surface area contributed by atoms with Crippen LogP contribution in [-0.2, 0) is 19.6 Å². The van der Waals surface area contributed by atoms with Gasteiger partial charge in [0.1, 0.15) is 12.1 Å². The lowest BCUT2D eigenvalue weighted by Gasteiger charge is -2.23. The summed E-state index contributed by atoms with van der Waals surface area (Å²) in [6.45, 7) is 2.38. The quantitative estimate of drug-likeness (QED) is 0.0830. The van der Waals surface area contributed by atoms with Gasteiger partial charge >= 0.3 is 5.97 Å². The predicted molar refractivity (Wildman–Crippen MR) is 173 cm³/mol. The molecule has 0 aromatic heterocycles. The van der Waals surface area contributed by atoms with Crippen molar-refractivity contribution >= 4 is 21.8 Å². The van der Waals surface area contributed by atoms with E-state index in [2.05, 4.69) is 11.6 Å². The third kappa shape index (κ3) is 8.87. The number of aliphatic hydroxyl groups is 1. The van der Waals surface area contributed by atoms with Gasteiger partial charge in [0.15, 0.2) is 5.78 Å². The van der Waals surface area contributed by atoms with Gasteiger partial charge in [-0.3, -0.25) is 9.59 Å². The van der Waals surface area contributed by atoms with Gasteiger partial charge in [-0.25, -0.2) is 8.42 Å². The Hall–Kier alpha value is -3.33. The Labute approximate surface area is 262 Å². The molecule has 3 aromatic carbocycles. The second-order valence-corrected chi connectivity index (χ2v) is 13.3. The van der Waals surface area contributed by atoms with E-state index in [9.17, 15) is 23.1 Å². The summed E-state index contributed by atoms with van der Waals surface area (Å²) in [5, 5.41) is 11.1. The van der Waals surface area contributed by atoms with Crippen molar-refractivity contribution in [3.8, 4) is 11.1 Å². The highest BCUT2D eigenvalue weighted by molar-refractivity contribution is 7.89. The molecule has 0 fully saturated rings. The van der Waals surface area contributed by atoms with Crippen molar-refractivity contribution in [2.45, 2.75) is 101 Å². The van der Waals surface area contributed by atoms with Gasteiger partial charge < -0.3 is 9.84 Å². The van der Waals surface area contributed by atoms with Gasteiger partial charge in [0.05, 0.1) is 11.5 Å². The number of ketones is 1. The van der Waals surface area contributed by atoms with Gasteiger partial charge in [-0.2, -0.15) is 4.72 Å². The molecule has 0 amide bonds. The smallest absolute Gasteiger partial charge is 0.327 e. The Morgan fingerprint density at radius 2 is 1.27 bits per heavy atom. The molecule has 7 nitrogen and oxygen atoms in total. The fourth-order valence-electron chi connectivity index (χ4n) is 5.70. The van der Waals surface area contributed by atoms with Crippen LogP contribution in [0.25, 0.3) is 11.1 Å². The van der Waals surface area contributed by atoms with Crippen molar-refractivity contribution in [1.82, 2.24) is 4.72 Å². The van der Waals surface area contributed by atoms with E-state index in [1.54, 1.807) is 54.6 Å². The number of carbonyl (C=O) groups is 2. The zero-order valence-corrected chi connectivity index (χ0v) is 26.5. The third-order valence-corrected chi connectivity index (χ3v) is 9.68. The van der Waals surface area contributed by atoms with Gasteiger partial charge in [0, 0.05) is 11.1 Å². The molecule has 1 aliphatic carbocycles. The molecule has 44 heavy (non-hydrogen) atoms. The largest absolute Gasteiger partial charge is 0.464 e. The minimum absolute atomic E-state index is 0.111. The van der Waals surface area contributed by atoms with Crippen molar-refractivity contribution in [3.05, 3.63) is 89.5 Å². The standard InChI is InChI=1S/C36H45NO6S/c1-2-3-4-5-6-7-8-9-10-11-12-18-25-43-36(40)33(34(38)27-19-14-13-15-20-27)37-44(41,42)28-23-24-31-32(26-28)29-21-16-17-22-30(29)35(31)39/h13-17,19-24,26,33-34,37-38H,2-12,18,25H2,1H3/t33-,34-/m1/s1. The highest BCUT2D eigenvalue weighted by Gasteiger charge is 2.35. The number of hydrogen-bond acceptors (Lipinski definition) is 6. The molecule has 2 N–H and O–H groups in total. The monoisotopic (exact) mass is 619 g/mol. The lowest BCUT2D eigenvalue weighted by molar-refractivity contribution is -0.148. The van der Waals surface area contributed by atoms with Crippen molar-refractivity contribution in [3.63, 3.8) is 0 Å². The van der Waals surface area contributed by atoms with Crippen LogP contribution < -0.4 is 4.72 Å². The summed E-state index contributed by atoms with van der Waals surface area (Å²) in [5.74, 6) is -0.999. The molecule has 0 spiro atoms. The molecule has 0 bridgehead atoms. The average molecular weight is 620 g/mol. The van der Waals surface area contributed by atoms with Crippen molar-refractivity contribution in [2.24, 2.45) is 0 Å². The SMILES string of the molecule is CCCCCCCCCCCCCCOC(=O)[C@H](NS(=O)(=O)c1ccc2c(c1)-c1ccccc1C2=O)[C@H](O)c1ccccc1. The molecule has 2 atom stereocenters. The lowest BCUT2D eigenvalue weighted by Crippen LogP contribution is -2.46. The van der Waals surface area contributed by atoms with E-state index in [4.69, 9.17) is 4.74 Å². The Morgan fingerprint density at radius 3 is 1.91 bits per heavy atom. The Morgan fingerprint density at radius 1 is 0.727 bits per heavy atom. The van der Waals surface area contributed by atoms with Crippen LogP contribution in [0.4, 0.5) is 0 Å². The van der Waals surface area contributed by atoms with Crippen LogP contribution in [0.15, 0.2) is 77.7 Å². The number of fused-ring (bicyclic) bond motifs is 3. The van der Waals surface area contributed by atoms with E-state index in [0.717, 1.165) is 19.3 Å². The molecule has 0 saturated carbocycles. The molecular formula is C36H45NO6S. The minimum atomic E-state index is -4.28. The first kappa shape index (κ1) is 33.6. The van der Waals surface area contributed by atoms with Crippen molar-refractivity contribution in [1.29, 1.82) is 0 Å². The molecule has 0 unspecified atom stereocenters. The Kier molecular flexibility index (Phi) is 12.7. The van der Waals surface area contributed by atoms with Crippen LogP contribution in [0, 0.1) is 0 Å². The van der Waals surface area contributed by atoms with Crippen LogP contribution in [0.3, 0.4) is 0 Å². The molecule has 0 aliphatic heterocycles. The molecule has 3 aromatic rings. The van der Waals surface area contributed by atoms with Crippen LogP contribution in [-0.4, -0.2) is 37.9 Å². The van der Waals surface area contributed by atoms with E-state index in [0.29, 0.717) is 34.2 Å². The van der Waals surface area contributed by atoms with Crippen molar-refractivity contribution < 1.29 is 27.9 Å². The number of rotatable bonds is 19. The fraction of sp³-hybridized carbons (Fsp3) is 0.444. The van der Waals surface area contributed by atoms with Gasteiger partial charge in [-0.05, 0) is 41.3 Å². The van der Waals surface area contributed by atoms with Gasteiger partial charge in [-0.15, -0.1) is 0 Å². The highest BCUT2D eigenvalue weighted by Crippen LogP contribution is 2.37. The summed E-state index contributed by atoms with van der Waals surface area (Å²) in [6.07, 6.45) is 12.7. The number of ether oxygens (including phenoxy) is 1. The molecule has 0 heterocycles. The summed E-state index contributed by atoms with van der Waals surface area (Å²) in [5.41, 5.74) is 2.50. The summed E-state index contributed by atoms with van der Waals surface area (Å²) >= 11 is 0. The number of nitrogens with one attached hydrogen (secondary N) is 1. The van der Waals surface area contributed by atoms with Gasteiger partial charge in [0.2, 0.25) is 10.0 Å². The van der Waals surface area contributed by atoms with Gasteiger partial charge in [0.25, 0.3) is 0 Å². The molecule has 0 saturated heterocycles. The lowest BCUT2D eigenvalue weighted by atomic mass is 10.0. The number of sulfonamides is 1. The number of aliphatic hydroxyl groups excluding tert-OH is 1. The van der Waals surface area contributed by atoms with E-state index >= 15 is 0 Å². The minimum Gasteiger partial charge on any atom is -0.464 e. The molecule has 0 radical (unpaired) electrons. The average Bonchev–Trinajstić information content (AvgIpc) is 3.33. The van der Waals surface area contributed by atoms with Crippen LogP contribution in [0.5, 0.6) is 0 Å². The zero-order valence-electron chi connectivity index (χ0n) is 25.7. The maximum atomic E-state index is 13.6. The van der Waals surface area contributed by atoms with E-state index in [-0.39, 0.29) is 17.3 Å². The molecule has 4 rings (SSSR count). The normalized spacial score (nSPS) is 13.7. The van der Waals surface area contributed by atoms with Crippen LogP contribution in [0.1, 0.15) is 112 Å². The molecular weight excluding hydrogens is 574 g/mol. The van der Waals surface area contributed by atoms with Crippen LogP contribution >= 0.6 is 0 Å². The topological polar surface area (TPSA) is 110 Å². The number of benzene rings is 3. The summed E-state index contributed by atoms with van der Waals surface area (Å²) in [6, 6.07) is 18.2. The maximum Gasteiger partial charge on any atom is 0.327 e. The maximum absolute atomic E-state index is 13.6. The number of unbranched alkanes of at least 4 members (excludes halogenated alkanes) is 11. The van der Waals surface area contributed by atoms with Crippen LogP contribution in [0.2, 0.25) is 0 Å². The van der Waals surface area contributed by atoms with Crippen molar-refractivity contribution in [2.75, 3.05) is 6.61 Å². The summed E-state index contributed by atoms with van der Waals surface area (Å²) in [4.78, 5) is 25.9. The zero-order chi connectivity index (χ0) is 31.4. The summed E-state index contributed by atoms with van der Waals surface area (Å²) in [7, 11) is -4.28. The molecule has 8 heteroatoms. The fourth-order valence-corrected chi connectivity index (χ4v) is 6.91. The Balaban J connectivity index is 1.34. The number of carbonyl (C=O) groups excluding carboxylic acids is 2. The first-order valence-corrected chi connectivity index (χ1v) is 17.5. The highest BCUT2D eigenvalue weighted by atomic mass is 32.2. The third-order valence-electron chi connectivity index (χ3n) is 8.24. The second kappa shape index (κ2) is 16.7. The van der Waals surface area contributed by atoms with E-state index in [1.165, 1.54) is 69.6 Å². The Bertz CT molecular complexity index is 1490. The summed E-state index contributed by atoms with van der Waals surface area (Å²) < 4.78 is 35.0. The first-order chi connectivity index (χ1) is 21.3.